The lowest BCUT2D eigenvalue weighted by Crippen LogP contribution is -2.31. The zero-order valence-corrected chi connectivity index (χ0v) is 11.4. The van der Waals surface area contributed by atoms with E-state index in [4.69, 9.17) is 21.4 Å². The number of nitrogens with one attached hydrogen (secondary N) is 1. The third-order valence-corrected chi connectivity index (χ3v) is 3.00. The van der Waals surface area contributed by atoms with Crippen molar-refractivity contribution in [1.82, 2.24) is 5.43 Å². The number of carboxylic acids is 1. The van der Waals surface area contributed by atoms with E-state index in [0.717, 1.165) is 17.9 Å². The second-order valence-electron chi connectivity index (χ2n) is 4.77. The molecule has 0 amide bonds. The standard InChI is InChI=1S/C15H17N3O3/c16-13(15(19)20)14(18-17)21-12-8-6-11(7-9-12)3-1-2-10-4-5-10/h6-10,18H,2,4-5,16-17H2,(H,19,20)/b14-13+. The van der Waals surface area contributed by atoms with Gasteiger partial charge in [0.25, 0.3) is 0 Å². The van der Waals surface area contributed by atoms with Gasteiger partial charge in [-0.2, -0.15) is 0 Å². The highest BCUT2D eigenvalue weighted by Gasteiger charge is 2.19. The summed E-state index contributed by atoms with van der Waals surface area (Å²) in [4.78, 5) is 10.7. The van der Waals surface area contributed by atoms with Crippen LogP contribution in [0.2, 0.25) is 0 Å². The van der Waals surface area contributed by atoms with Crippen molar-refractivity contribution in [1.29, 1.82) is 0 Å². The van der Waals surface area contributed by atoms with E-state index in [2.05, 4.69) is 17.3 Å². The Kier molecular flexibility index (Phi) is 4.69. The van der Waals surface area contributed by atoms with Gasteiger partial charge in [0.2, 0.25) is 5.88 Å². The first-order chi connectivity index (χ1) is 10.1. The van der Waals surface area contributed by atoms with E-state index in [0.29, 0.717) is 5.75 Å². The number of benzene rings is 1. The van der Waals surface area contributed by atoms with Crippen molar-refractivity contribution in [2.24, 2.45) is 17.5 Å². The van der Waals surface area contributed by atoms with Crippen LogP contribution in [-0.4, -0.2) is 11.1 Å². The first kappa shape index (κ1) is 14.8. The summed E-state index contributed by atoms with van der Waals surface area (Å²) in [6.07, 6.45) is 3.51. The molecule has 1 aliphatic rings. The van der Waals surface area contributed by atoms with Crippen molar-refractivity contribution in [2.45, 2.75) is 19.3 Å². The molecule has 0 saturated heterocycles. The lowest BCUT2D eigenvalue weighted by Gasteiger charge is -2.10. The van der Waals surface area contributed by atoms with E-state index in [-0.39, 0.29) is 5.88 Å². The Hall–Kier alpha value is -2.65. The van der Waals surface area contributed by atoms with E-state index in [1.54, 1.807) is 24.3 Å². The Bertz CT molecular complexity index is 607. The predicted molar refractivity (Wildman–Crippen MR) is 77.5 cm³/mol. The van der Waals surface area contributed by atoms with Crippen LogP contribution in [0.15, 0.2) is 35.8 Å². The van der Waals surface area contributed by atoms with Gasteiger partial charge in [0.05, 0.1) is 0 Å². The second-order valence-corrected chi connectivity index (χ2v) is 4.77. The summed E-state index contributed by atoms with van der Waals surface area (Å²) < 4.78 is 5.28. The first-order valence-corrected chi connectivity index (χ1v) is 6.56. The molecular formula is C15H17N3O3. The molecule has 0 heterocycles. The Labute approximate surface area is 122 Å². The summed E-state index contributed by atoms with van der Waals surface area (Å²) in [5.74, 6) is 11.1. The van der Waals surface area contributed by atoms with Crippen molar-refractivity contribution in [3.05, 3.63) is 41.4 Å². The van der Waals surface area contributed by atoms with Gasteiger partial charge in [-0.25, -0.2) is 10.6 Å². The minimum Gasteiger partial charge on any atom is -0.476 e. The highest BCUT2D eigenvalue weighted by molar-refractivity contribution is 5.85. The zero-order chi connectivity index (χ0) is 15.2. The monoisotopic (exact) mass is 287 g/mol. The molecule has 1 aromatic rings. The van der Waals surface area contributed by atoms with Gasteiger partial charge in [0.1, 0.15) is 5.75 Å². The number of rotatable bonds is 5. The Morgan fingerprint density at radius 2 is 2.05 bits per heavy atom. The molecule has 6 N–H and O–H groups in total. The molecule has 6 heteroatoms. The SMILES string of the molecule is NN/C(Oc1ccc(C#CCC2CC2)cc1)=C(\N)C(=O)O. The van der Waals surface area contributed by atoms with Crippen molar-refractivity contribution in [3.63, 3.8) is 0 Å². The van der Waals surface area contributed by atoms with Crippen LogP contribution in [0.1, 0.15) is 24.8 Å². The Morgan fingerprint density at radius 1 is 1.38 bits per heavy atom. The molecular weight excluding hydrogens is 270 g/mol. The van der Waals surface area contributed by atoms with E-state index in [1.165, 1.54) is 12.8 Å². The maximum atomic E-state index is 10.7. The highest BCUT2D eigenvalue weighted by atomic mass is 16.5. The fraction of sp³-hybridized carbons (Fsp3) is 0.267. The first-order valence-electron chi connectivity index (χ1n) is 6.56. The summed E-state index contributed by atoms with van der Waals surface area (Å²) >= 11 is 0. The second kappa shape index (κ2) is 6.68. The lowest BCUT2D eigenvalue weighted by molar-refractivity contribution is -0.132. The van der Waals surface area contributed by atoms with Gasteiger partial charge in [-0.3, -0.25) is 5.43 Å². The minimum atomic E-state index is -1.31. The molecule has 0 spiro atoms. The van der Waals surface area contributed by atoms with E-state index < -0.39 is 11.7 Å². The summed E-state index contributed by atoms with van der Waals surface area (Å²) in [6.45, 7) is 0. The summed E-state index contributed by atoms with van der Waals surface area (Å²) in [6, 6.07) is 6.93. The molecule has 110 valence electrons. The van der Waals surface area contributed by atoms with Crippen molar-refractivity contribution in [3.8, 4) is 17.6 Å². The van der Waals surface area contributed by atoms with Gasteiger partial charge in [0.15, 0.2) is 5.70 Å². The van der Waals surface area contributed by atoms with Gasteiger partial charge in [-0.15, -0.1) is 0 Å². The molecule has 2 rings (SSSR count). The number of carboxylic acid groups (broad SMARTS) is 1. The van der Waals surface area contributed by atoms with Crippen LogP contribution in [0.3, 0.4) is 0 Å². The average molecular weight is 287 g/mol. The smallest absolute Gasteiger partial charge is 0.357 e. The van der Waals surface area contributed by atoms with Crippen molar-refractivity contribution < 1.29 is 14.6 Å². The molecule has 1 aromatic carbocycles. The topological polar surface area (TPSA) is 111 Å². The van der Waals surface area contributed by atoms with Gasteiger partial charge in [-0.1, -0.05) is 11.8 Å². The number of hydrogen-bond acceptors (Lipinski definition) is 5. The van der Waals surface area contributed by atoms with Crippen molar-refractivity contribution in [2.75, 3.05) is 0 Å². The van der Waals surface area contributed by atoms with E-state index in [9.17, 15) is 4.79 Å². The summed E-state index contributed by atoms with van der Waals surface area (Å²) in [5.41, 5.74) is 7.84. The lowest BCUT2D eigenvalue weighted by atomic mass is 10.2. The molecule has 21 heavy (non-hydrogen) atoms. The Balaban J connectivity index is 2.02. The Morgan fingerprint density at radius 3 is 2.57 bits per heavy atom. The quantitative estimate of drug-likeness (QED) is 0.210. The van der Waals surface area contributed by atoms with E-state index >= 15 is 0 Å². The molecule has 0 aliphatic heterocycles. The van der Waals surface area contributed by atoms with Crippen LogP contribution in [0.4, 0.5) is 0 Å². The van der Waals surface area contributed by atoms with Crippen molar-refractivity contribution >= 4 is 5.97 Å². The van der Waals surface area contributed by atoms with Crippen LogP contribution in [-0.2, 0) is 4.79 Å². The van der Waals surface area contributed by atoms with Crippen LogP contribution in [0.25, 0.3) is 0 Å². The number of ether oxygens (including phenoxy) is 1. The molecule has 0 bridgehead atoms. The molecule has 0 atom stereocenters. The largest absolute Gasteiger partial charge is 0.476 e. The van der Waals surface area contributed by atoms with Crippen LogP contribution in [0.5, 0.6) is 5.75 Å². The molecule has 1 fully saturated rings. The molecule has 1 aliphatic carbocycles. The number of hydrogen-bond donors (Lipinski definition) is 4. The maximum absolute atomic E-state index is 10.7. The fourth-order valence-electron chi connectivity index (χ4n) is 1.60. The van der Waals surface area contributed by atoms with Crippen LogP contribution < -0.4 is 21.7 Å². The molecule has 6 nitrogen and oxygen atoms in total. The third kappa shape index (κ3) is 4.44. The van der Waals surface area contributed by atoms with Crippen LogP contribution in [0, 0.1) is 17.8 Å². The number of carbonyl (C=O) groups is 1. The molecule has 0 aromatic heterocycles. The minimum absolute atomic E-state index is 0.213. The summed E-state index contributed by atoms with van der Waals surface area (Å²) in [7, 11) is 0. The van der Waals surface area contributed by atoms with Gasteiger partial charge in [-0.05, 0) is 43.0 Å². The third-order valence-electron chi connectivity index (χ3n) is 3.00. The van der Waals surface area contributed by atoms with Crippen LogP contribution >= 0.6 is 0 Å². The molecule has 0 unspecified atom stereocenters. The van der Waals surface area contributed by atoms with E-state index in [1.807, 2.05) is 0 Å². The summed E-state index contributed by atoms with van der Waals surface area (Å²) in [5, 5.41) is 8.78. The molecule has 0 radical (unpaired) electrons. The predicted octanol–water partition coefficient (Wildman–Crippen LogP) is 0.893. The van der Waals surface area contributed by atoms with Gasteiger partial charge in [0, 0.05) is 12.0 Å². The maximum Gasteiger partial charge on any atom is 0.357 e. The number of nitrogens with two attached hydrogens (primary N) is 2. The average Bonchev–Trinajstić information content (AvgIpc) is 3.29. The number of aliphatic carboxylic acids is 1. The molecule has 1 saturated carbocycles. The van der Waals surface area contributed by atoms with Gasteiger partial charge < -0.3 is 15.6 Å². The highest BCUT2D eigenvalue weighted by Crippen LogP contribution is 2.31. The van der Waals surface area contributed by atoms with Gasteiger partial charge >= 0.3 is 5.97 Å². The normalized spacial score (nSPS) is 14.5. The fourth-order valence-corrected chi connectivity index (χ4v) is 1.60. The zero-order valence-electron chi connectivity index (χ0n) is 11.4. The number of hydrazine groups is 1.